The Bertz CT molecular complexity index is 351. The van der Waals surface area contributed by atoms with Gasteiger partial charge in [-0.2, -0.15) is 0 Å². The van der Waals surface area contributed by atoms with Gasteiger partial charge in [0, 0.05) is 6.42 Å². The molecule has 0 amide bonds. The molecular weight excluding hydrogens is 442 g/mol. The lowest BCUT2D eigenvalue weighted by molar-refractivity contribution is 0.414. The molecule has 0 aliphatic heterocycles. The SMILES string of the molecule is COc1ccc(CC(I)(I)S(=O)O)cc1. The van der Waals surface area contributed by atoms with Crippen molar-refractivity contribution in [3.05, 3.63) is 29.8 Å². The van der Waals surface area contributed by atoms with Crippen LogP contribution in [0.2, 0.25) is 0 Å². The van der Waals surface area contributed by atoms with Gasteiger partial charge in [-0.1, -0.05) is 12.1 Å². The predicted molar refractivity (Wildman–Crippen MR) is 78.2 cm³/mol. The highest BCUT2D eigenvalue weighted by atomic mass is 127. The summed E-state index contributed by atoms with van der Waals surface area (Å²) >= 11 is 2.14. The third kappa shape index (κ3) is 4.16. The molecule has 0 saturated heterocycles. The van der Waals surface area contributed by atoms with Gasteiger partial charge in [0.05, 0.1) is 7.11 Å². The van der Waals surface area contributed by atoms with Gasteiger partial charge in [0.15, 0.2) is 11.8 Å². The van der Waals surface area contributed by atoms with E-state index in [2.05, 4.69) is 0 Å². The van der Waals surface area contributed by atoms with E-state index in [0.29, 0.717) is 6.42 Å². The molecule has 1 aromatic carbocycles. The summed E-state index contributed by atoms with van der Waals surface area (Å²) in [5.74, 6) is 0.788. The minimum absolute atomic E-state index is 0.543. The van der Waals surface area contributed by atoms with Crippen LogP contribution >= 0.6 is 45.2 Å². The van der Waals surface area contributed by atoms with Crippen LogP contribution in [-0.4, -0.2) is 16.6 Å². The summed E-state index contributed by atoms with van der Waals surface area (Å²) < 4.78 is 24.5. The van der Waals surface area contributed by atoms with E-state index in [9.17, 15) is 4.21 Å². The normalized spacial score (nSPS) is 13.6. The number of methoxy groups -OCH3 is 1. The summed E-state index contributed by atoms with van der Waals surface area (Å²) in [6.45, 7) is 0. The summed E-state index contributed by atoms with van der Waals surface area (Å²) in [5, 5.41) is 0. The Balaban J connectivity index is 2.77. The van der Waals surface area contributed by atoms with Crippen molar-refractivity contribution in [1.82, 2.24) is 0 Å². The second-order valence-electron chi connectivity index (χ2n) is 2.91. The minimum Gasteiger partial charge on any atom is -0.497 e. The Morgan fingerprint density at radius 1 is 1.40 bits per heavy atom. The van der Waals surface area contributed by atoms with Crippen LogP contribution in [0.25, 0.3) is 0 Å². The van der Waals surface area contributed by atoms with Crippen LogP contribution in [-0.2, 0) is 17.5 Å². The summed E-state index contributed by atoms with van der Waals surface area (Å²) in [7, 11) is 1.61. The number of alkyl halides is 2. The lowest BCUT2D eigenvalue weighted by Crippen LogP contribution is -2.20. The first-order valence-electron chi connectivity index (χ1n) is 4.07. The predicted octanol–water partition coefficient (Wildman–Crippen LogP) is 2.98. The first kappa shape index (κ1) is 13.7. The summed E-state index contributed by atoms with van der Waals surface area (Å²) in [4.78, 5) is 0. The zero-order chi connectivity index (χ0) is 11.5. The second-order valence-corrected chi connectivity index (χ2v) is 11.3. The molecule has 0 aromatic heterocycles. The van der Waals surface area contributed by atoms with Gasteiger partial charge in [-0.25, -0.2) is 4.21 Å². The van der Waals surface area contributed by atoms with Gasteiger partial charge in [-0.05, 0) is 62.9 Å². The molecule has 0 heterocycles. The summed E-state index contributed by atoms with van der Waals surface area (Å²) in [6.07, 6.45) is 0.543. The van der Waals surface area contributed by atoms with Crippen molar-refractivity contribution in [2.75, 3.05) is 7.11 Å². The molecule has 84 valence electrons. The fraction of sp³-hybridized carbons (Fsp3) is 0.333. The van der Waals surface area contributed by atoms with Crippen LogP contribution < -0.4 is 4.74 Å². The molecule has 0 radical (unpaired) electrons. The number of benzene rings is 1. The Hall–Kier alpha value is 0.590. The molecule has 0 aliphatic rings. The van der Waals surface area contributed by atoms with E-state index in [4.69, 9.17) is 9.29 Å². The fourth-order valence-electron chi connectivity index (χ4n) is 1.04. The van der Waals surface area contributed by atoms with Gasteiger partial charge >= 0.3 is 0 Å². The van der Waals surface area contributed by atoms with Gasteiger partial charge in [-0.3, -0.25) is 0 Å². The van der Waals surface area contributed by atoms with Crippen LogP contribution in [0.5, 0.6) is 5.75 Å². The Labute approximate surface area is 119 Å². The molecule has 1 rings (SSSR count). The quantitative estimate of drug-likeness (QED) is 0.435. The van der Waals surface area contributed by atoms with E-state index >= 15 is 0 Å². The standard InChI is InChI=1S/C9H10I2O3S/c1-14-8-4-2-7(3-5-8)6-9(10,11)15(12)13/h2-5H,6H2,1H3,(H,12,13). The highest BCUT2D eigenvalue weighted by Crippen LogP contribution is 2.34. The highest BCUT2D eigenvalue weighted by Gasteiger charge is 2.29. The van der Waals surface area contributed by atoms with Crippen LogP contribution in [0.4, 0.5) is 0 Å². The second kappa shape index (κ2) is 5.78. The molecule has 1 unspecified atom stereocenters. The van der Waals surface area contributed by atoms with Crippen molar-refractivity contribution in [3.8, 4) is 5.75 Å². The fourth-order valence-corrected chi connectivity index (χ4v) is 2.21. The molecule has 3 nitrogen and oxygen atoms in total. The molecule has 1 atom stereocenters. The first-order chi connectivity index (χ1) is 6.95. The zero-order valence-electron chi connectivity index (χ0n) is 7.94. The highest BCUT2D eigenvalue weighted by molar-refractivity contribution is 14.2. The first-order valence-corrected chi connectivity index (χ1v) is 7.34. The van der Waals surface area contributed by atoms with E-state index in [0.717, 1.165) is 11.3 Å². The van der Waals surface area contributed by atoms with E-state index in [-0.39, 0.29) is 0 Å². The molecule has 15 heavy (non-hydrogen) atoms. The van der Waals surface area contributed by atoms with Crippen molar-refractivity contribution in [3.63, 3.8) is 0 Å². The molecule has 1 N–H and O–H groups in total. The molecule has 6 heteroatoms. The topological polar surface area (TPSA) is 46.5 Å². The maximum atomic E-state index is 11.0. The van der Waals surface area contributed by atoms with Crippen LogP contribution in [0.1, 0.15) is 5.56 Å². The zero-order valence-corrected chi connectivity index (χ0v) is 13.1. The van der Waals surface area contributed by atoms with E-state index in [1.807, 2.05) is 69.4 Å². The van der Waals surface area contributed by atoms with Gasteiger partial charge < -0.3 is 9.29 Å². The van der Waals surface area contributed by atoms with E-state index in [1.165, 1.54) is 0 Å². The van der Waals surface area contributed by atoms with E-state index < -0.39 is 11.8 Å². The van der Waals surface area contributed by atoms with Crippen LogP contribution in [0.15, 0.2) is 24.3 Å². The Kier molecular flexibility index (Phi) is 5.26. The number of rotatable bonds is 4. The van der Waals surface area contributed by atoms with Crippen LogP contribution in [0.3, 0.4) is 0 Å². The maximum absolute atomic E-state index is 11.0. The summed E-state index contributed by atoms with van der Waals surface area (Å²) in [6, 6.07) is 7.49. The molecule has 0 aliphatic carbocycles. The van der Waals surface area contributed by atoms with E-state index in [1.54, 1.807) is 7.11 Å². The molecule has 1 aromatic rings. The lowest BCUT2D eigenvalue weighted by Gasteiger charge is -2.15. The van der Waals surface area contributed by atoms with Crippen molar-refractivity contribution < 1.29 is 13.5 Å². The monoisotopic (exact) mass is 452 g/mol. The van der Waals surface area contributed by atoms with Gasteiger partial charge in [0.2, 0.25) is 0 Å². The smallest absolute Gasteiger partial charge is 0.179 e. The number of hydrogen-bond acceptors (Lipinski definition) is 2. The number of hydrogen-bond donors (Lipinski definition) is 1. The van der Waals surface area contributed by atoms with Crippen molar-refractivity contribution >= 4 is 56.3 Å². The largest absolute Gasteiger partial charge is 0.497 e. The lowest BCUT2D eigenvalue weighted by atomic mass is 10.2. The molecule has 0 saturated carbocycles. The van der Waals surface area contributed by atoms with Crippen LogP contribution in [0, 0.1) is 0 Å². The van der Waals surface area contributed by atoms with Crippen molar-refractivity contribution in [1.29, 1.82) is 0 Å². The van der Waals surface area contributed by atoms with Crippen molar-refractivity contribution in [2.24, 2.45) is 0 Å². The van der Waals surface area contributed by atoms with Gasteiger partial charge in [0.1, 0.15) is 5.75 Å². The van der Waals surface area contributed by atoms with Gasteiger partial charge in [-0.15, -0.1) is 0 Å². The molecule has 0 fully saturated rings. The average Bonchev–Trinajstić information content (AvgIpc) is 2.18. The molecule has 0 spiro atoms. The molecular formula is C9H10I2O3S. The number of ether oxygens (including phenoxy) is 1. The average molecular weight is 452 g/mol. The van der Waals surface area contributed by atoms with Crippen molar-refractivity contribution in [2.45, 2.75) is 7.18 Å². The Morgan fingerprint density at radius 3 is 2.33 bits per heavy atom. The third-order valence-electron chi connectivity index (χ3n) is 1.82. The maximum Gasteiger partial charge on any atom is 0.179 e. The number of halogens is 2. The Morgan fingerprint density at radius 2 is 1.93 bits per heavy atom. The third-order valence-corrected chi connectivity index (χ3v) is 5.50. The molecule has 0 bridgehead atoms. The summed E-state index contributed by atoms with van der Waals surface area (Å²) in [5.41, 5.74) is 1.02. The van der Waals surface area contributed by atoms with Gasteiger partial charge in [0.25, 0.3) is 0 Å². The minimum atomic E-state index is -1.84.